The van der Waals surface area contributed by atoms with Crippen molar-refractivity contribution in [2.45, 2.75) is 26.4 Å². The van der Waals surface area contributed by atoms with Crippen LogP contribution < -0.4 is 14.2 Å². The maximum absolute atomic E-state index is 13.5. The van der Waals surface area contributed by atoms with Gasteiger partial charge in [-0.25, -0.2) is 4.79 Å². The summed E-state index contributed by atoms with van der Waals surface area (Å²) < 4.78 is 16.9. The molecule has 1 unspecified atom stereocenters. The van der Waals surface area contributed by atoms with Crippen LogP contribution in [0.15, 0.2) is 72.3 Å². The van der Waals surface area contributed by atoms with Crippen LogP contribution in [0.4, 0.5) is 0 Å². The number of aliphatic hydroxyl groups excluding tert-OH is 1. The van der Waals surface area contributed by atoms with E-state index < -0.39 is 23.7 Å². The molecule has 1 amide bonds. The van der Waals surface area contributed by atoms with E-state index in [4.69, 9.17) is 14.2 Å². The number of likely N-dealkylation sites (tertiary alicyclic amines) is 1. The molecule has 0 radical (unpaired) electrons. The summed E-state index contributed by atoms with van der Waals surface area (Å²) in [6, 6.07) is 16.9. The van der Waals surface area contributed by atoms with Gasteiger partial charge in [-0.15, -0.1) is 0 Å². The number of aromatic carboxylic acids is 1. The first-order valence-electron chi connectivity index (χ1n) is 12.4. The van der Waals surface area contributed by atoms with Crippen LogP contribution in [0.2, 0.25) is 0 Å². The predicted octanol–water partition coefficient (Wildman–Crippen LogP) is 4.81. The van der Waals surface area contributed by atoms with Crippen LogP contribution in [0.3, 0.4) is 0 Å². The molecule has 0 bridgehead atoms. The molecule has 0 aromatic heterocycles. The maximum Gasteiger partial charge on any atom is 0.335 e. The number of rotatable bonds is 10. The SMILES string of the molecule is CCOc1ccc(/C(O)=C2\C(=O)C(=O)N(Cc3ccc(C(=O)O)cc3)C2c2ccccc2OC)c(OCC)c1. The molecular formula is C30H29NO8. The van der Waals surface area contributed by atoms with Gasteiger partial charge >= 0.3 is 5.97 Å². The second-order valence-corrected chi connectivity index (χ2v) is 8.70. The van der Waals surface area contributed by atoms with Crippen LogP contribution in [-0.2, 0) is 16.1 Å². The Bertz CT molecular complexity index is 1430. The molecule has 1 fully saturated rings. The van der Waals surface area contributed by atoms with E-state index in [0.717, 1.165) is 0 Å². The van der Waals surface area contributed by atoms with Crippen molar-refractivity contribution in [2.75, 3.05) is 20.3 Å². The van der Waals surface area contributed by atoms with Gasteiger partial charge in [-0.2, -0.15) is 0 Å². The highest BCUT2D eigenvalue weighted by Crippen LogP contribution is 2.44. The minimum Gasteiger partial charge on any atom is -0.507 e. The Hall–Kier alpha value is -4.79. The van der Waals surface area contributed by atoms with Crippen LogP contribution in [0.5, 0.6) is 17.2 Å². The van der Waals surface area contributed by atoms with Gasteiger partial charge in [0.25, 0.3) is 11.7 Å². The fourth-order valence-electron chi connectivity index (χ4n) is 4.58. The van der Waals surface area contributed by atoms with Crippen LogP contribution >= 0.6 is 0 Å². The van der Waals surface area contributed by atoms with Gasteiger partial charge in [-0.3, -0.25) is 9.59 Å². The Morgan fingerprint density at radius 1 is 0.897 bits per heavy atom. The minimum absolute atomic E-state index is 0.00837. The van der Waals surface area contributed by atoms with Crippen molar-refractivity contribution in [2.24, 2.45) is 0 Å². The monoisotopic (exact) mass is 531 g/mol. The number of ether oxygens (including phenoxy) is 3. The van der Waals surface area contributed by atoms with Crippen molar-refractivity contribution in [3.05, 3.63) is 94.6 Å². The van der Waals surface area contributed by atoms with Crippen LogP contribution in [0.1, 0.15) is 46.9 Å². The summed E-state index contributed by atoms with van der Waals surface area (Å²) in [7, 11) is 1.48. The Balaban J connectivity index is 1.88. The first-order valence-corrected chi connectivity index (χ1v) is 12.4. The standard InChI is InChI=1S/C30H29NO8/c1-4-38-20-14-15-22(24(16-20)39-5-2)27(32)25-26(21-8-6-7-9-23(21)37-3)31(29(34)28(25)33)17-18-10-12-19(13-11-18)30(35)36/h6-16,26,32H,4-5,17H2,1-3H3,(H,35,36)/b27-25+. The summed E-state index contributed by atoms with van der Waals surface area (Å²) in [5.74, 6) is -1.87. The summed E-state index contributed by atoms with van der Waals surface area (Å²) in [5, 5.41) is 20.8. The molecule has 1 atom stereocenters. The molecule has 9 nitrogen and oxygen atoms in total. The molecule has 9 heteroatoms. The van der Waals surface area contributed by atoms with Crippen LogP contribution in [-0.4, -0.2) is 53.1 Å². The highest BCUT2D eigenvalue weighted by Gasteiger charge is 2.47. The highest BCUT2D eigenvalue weighted by molar-refractivity contribution is 6.46. The second kappa shape index (κ2) is 11.7. The van der Waals surface area contributed by atoms with E-state index in [1.54, 1.807) is 61.5 Å². The Labute approximate surface area is 225 Å². The van der Waals surface area contributed by atoms with E-state index >= 15 is 0 Å². The van der Waals surface area contributed by atoms with E-state index in [1.165, 1.54) is 24.1 Å². The molecule has 2 N–H and O–H groups in total. The number of carbonyl (C=O) groups excluding carboxylic acids is 2. The number of para-hydroxylation sites is 1. The molecule has 39 heavy (non-hydrogen) atoms. The molecule has 1 saturated heterocycles. The van der Waals surface area contributed by atoms with Gasteiger partial charge in [0.15, 0.2) is 0 Å². The molecule has 0 saturated carbocycles. The van der Waals surface area contributed by atoms with Crippen molar-refractivity contribution in [3.8, 4) is 17.2 Å². The van der Waals surface area contributed by atoms with Gasteiger partial charge in [-0.05, 0) is 49.7 Å². The Morgan fingerprint density at radius 3 is 2.23 bits per heavy atom. The van der Waals surface area contributed by atoms with Crippen LogP contribution in [0.25, 0.3) is 5.76 Å². The average Bonchev–Trinajstić information content (AvgIpc) is 3.18. The normalized spacial score (nSPS) is 16.3. The molecule has 3 aromatic rings. The van der Waals surface area contributed by atoms with E-state index in [0.29, 0.717) is 41.6 Å². The maximum atomic E-state index is 13.5. The lowest BCUT2D eigenvalue weighted by Gasteiger charge is -2.27. The Kier molecular flexibility index (Phi) is 8.19. The summed E-state index contributed by atoms with van der Waals surface area (Å²) in [4.78, 5) is 39.5. The van der Waals surface area contributed by atoms with E-state index in [1.807, 2.05) is 6.92 Å². The van der Waals surface area contributed by atoms with Gasteiger partial charge < -0.3 is 29.3 Å². The number of methoxy groups -OCH3 is 1. The van der Waals surface area contributed by atoms with Crippen LogP contribution in [0, 0.1) is 0 Å². The lowest BCUT2D eigenvalue weighted by atomic mass is 9.94. The number of amides is 1. The number of hydrogen-bond acceptors (Lipinski definition) is 7. The minimum atomic E-state index is -1.07. The average molecular weight is 532 g/mol. The molecule has 4 rings (SSSR count). The van der Waals surface area contributed by atoms with Gasteiger partial charge in [0.2, 0.25) is 0 Å². The molecule has 1 aliphatic rings. The zero-order valence-corrected chi connectivity index (χ0v) is 21.8. The largest absolute Gasteiger partial charge is 0.507 e. The second-order valence-electron chi connectivity index (χ2n) is 8.70. The summed E-state index contributed by atoms with van der Waals surface area (Å²) in [6.45, 7) is 4.36. The van der Waals surface area contributed by atoms with Crippen molar-refractivity contribution in [1.29, 1.82) is 0 Å². The zero-order valence-electron chi connectivity index (χ0n) is 21.8. The number of ketones is 1. The van der Waals surface area contributed by atoms with Gasteiger partial charge in [0.05, 0.1) is 43.1 Å². The predicted molar refractivity (Wildman–Crippen MR) is 143 cm³/mol. The van der Waals surface area contributed by atoms with E-state index in [9.17, 15) is 24.6 Å². The molecular weight excluding hydrogens is 502 g/mol. The number of benzene rings is 3. The number of nitrogens with zero attached hydrogens (tertiary/aromatic N) is 1. The fraction of sp³-hybridized carbons (Fsp3) is 0.233. The number of hydrogen-bond donors (Lipinski definition) is 2. The number of aliphatic hydroxyl groups is 1. The van der Waals surface area contributed by atoms with Crippen molar-refractivity contribution >= 4 is 23.4 Å². The van der Waals surface area contributed by atoms with Gasteiger partial charge in [-0.1, -0.05) is 30.3 Å². The Morgan fingerprint density at radius 2 is 1.59 bits per heavy atom. The molecule has 1 heterocycles. The first kappa shape index (κ1) is 27.3. The number of carboxylic acids is 1. The summed E-state index contributed by atoms with van der Waals surface area (Å²) in [5.41, 5.74) is 1.34. The molecule has 3 aromatic carbocycles. The fourth-order valence-corrected chi connectivity index (χ4v) is 4.58. The first-order chi connectivity index (χ1) is 18.8. The number of carboxylic acid groups (broad SMARTS) is 1. The highest BCUT2D eigenvalue weighted by atomic mass is 16.5. The summed E-state index contributed by atoms with van der Waals surface area (Å²) >= 11 is 0. The lowest BCUT2D eigenvalue weighted by molar-refractivity contribution is -0.140. The topological polar surface area (TPSA) is 123 Å². The quantitative estimate of drug-likeness (QED) is 0.217. The van der Waals surface area contributed by atoms with Gasteiger partial charge in [0.1, 0.15) is 23.0 Å². The van der Waals surface area contributed by atoms with Crippen molar-refractivity contribution in [1.82, 2.24) is 4.90 Å². The van der Waals surface area contributed by atoms with E-state index in [-0.39, 0.29) is 29.0 Å². The zero-order chi connectivity index (χ0) is 28.1. The molecule has 0 spiro atoms. The van der Waals surface area contributed by atoms with Crippen molar-refractivity contribution < 1.29 is 38.8 Å². The third-order valence-corrected chi connectivity index (χ3v) is 6.35. The number of carbonyl (C=O) groups is 3. The lowest BCUT2D eigenvalue weighted by Crippen LogP contribution is -2.29. The third kappa shape index (κ3) is 5.43. The van der Waals surface area contributed by atoms with Gasteiger partial charge in [0, 0.05) is 18.2 Å². The van der Waals surface area contributed by atoms with Crippen molar-refractivity contribution in [3.63, 3.8) is 0 Å². The summed E-state index contributed by atoms with van der Waals surface area (Å²) in [6.07, 6.45) is 0. The smallest absolute Gasteiger partial charge is 0.335 e. The van der Waals surface area contributed by atoms with E-state index in [2.05, 4.69) is 0 Å². The molecule has 202 valence electrons. The number of Topliss-reactive ketones (excluding diaryl/α,β-unsaturated/α-hetero) is 1. The molecule has 1 aliphatic heterocycles. The third-order valence-electron chi connectivity index (χ3n) is 6.35. The molecule has 0 aliphatic carbocycles.